The Morgan fingerprint density at radius 1 is 1.25 bits per heavy atom. The summed E-state index contributed by atoms with van der Waals surface area (Å²) in [5, 5.41) is 5.97. The van der Waals surface area contributed by atoms with Crippen LogP contribution in [0.15, 0.2) is 53.6 Å². The third kappa shape index (κ3) is 4.17. The molecule has 28 heavy (non-hydrogen) atoms. The number of hydrogen-bond acceptors (Lipinski definition) is 5. The number of hydrogen-bond donors (Lipinski definition) is 1. The van der Waals surface area contributed by atoms with Gasteiger partial charge in [-0.05, 0) is 30.7 Å². The van der Waals surface area contributed by atoms with Crippen molar-refractivity contribution in [2.24, 2.45) is 5.10 Å². The van der Waals surface area contributed by atoms with Crippen LogP contribution in [0.3, 0.4) is 0 Å². The molecule has 0 saturated carbocycles. The number of ether oxygens (including phenoxy) is 1. The summed E-state index contributed by atoms with van der Waals surface area (Å²) in [6, 6.07) is 14.3. The van der Waals surface area contributed by atoms with Gasteiger partial charge in [0.1, 0.15) is 5.75 Å². The average molecular weight is 401 g/mol. The van der Waals surface area contributed by atoms with Gasteiger partial charge in [0.05, 0.1) is 24.6 Å². The fraction of sp³-hybridized carbons (Fsp3) is 0.300. The number of methoxy groups -OCH3 is 1. The van der Waals surface area contributed by atoms with E-state index in [9.17, 15) is 13.2 Å². The maximum Gasteiger partial charge on any atom is 0.240 e. The molecule has 0 radical (unpaired) electrons. The molecule has 0 aliphatic carbocycles. The first-order chi connectivity index (χ1) is 13.3. The zero-order valence-corrected chi connectivity index (χ0v) is 16.9. The van der Waals surface area contributed by atoms with Gasteiger partial charge in [-0.15, -0.1) is 0 Å². The molecule has 0 unspecified atom stereocenters. The molecular weight excluding hydrogens is 378 g/mol. The van der Waals surface area contributed by atoms with Crippen LogP contribution in [0, 0.1) is 0 Å². The molecule has 0 bridgehead atoms. The molecule has 148 valence electrons. The molecule has 1 N–H and O–H groups in total. The molecule has 2 aromatic carbocycles. The number of nitrogens with one attached hydrogen (secondary N) is 1. The topological polar surface area (TPSA) is 88.1 Å². The Balaban J connectivity index is 1.94. The Bertz CT molecular complexity index is 1020. The maximum atomic E-state index is 12.2. The number of rotatable bonds is 6. The van der Waals surface area contributed by atoms with Crippen molar-refractivity contribution in [3.8, 4) is 5.75 Å². The van der Waals surface area contributed by atoms with Gasteiger partial charge in [0.25, 0.3) is 0 Å². The number of carbonyl (C=O) groups excluding carboxylic acids is 1. The summed E-state index contributed by atoms with van der Waals surface area (Å²) in [5.41, 5.74) is 2.82. The molecular formula is C20H23N3O4S. The third-order valence-electron chi connectivity index (χ3n) is 4.58. The van der Waals surface area contributed by atoms with Crippen LogP contribution in [0.25, 0.3) is 0 Å². The molecule has 1 heterocycles. The second-order valence-electron chi connectivity index (χ2n) is 6.46. The van der Waals surface area contributed by atoms with E-state index in [-0.39, 0.29) is 17.7 Å². The van der Waals surface area contributed by atoms with Crippen molar-refractivity contribution in [1.82, 2.24) is 5.01 Å². The molecule has 1 atom stereocenters. The number of anilines is 1. The van der Waals surface area contributed by atoms with Crippen LogP contribution < -0.4 is 9.46 Å². The van der Waals surface area contributed by atoms with Gasteiger partial charge in [0, 0.05) is 24.6 Å². The molecule has 7 nitrogen and oxygen atoms in total. The molecule has 0 aromatic heterocycles. The fourth-order valence-electron chi connectivity index (χ4n) is 3.17. The number of carbonyl (C=O) groups is 1. The highest BCUT2D eigenvalue weighted by Gasteiger charge is 2.33. The summed E-state index contributed by atoms with van der Waals surface area (Å²) in [5.74, 6) is 0.514. The van der Waals surface area contributed by atoms with Crippen LogP contribution in [0.4, 0.5) is 5.69 Å². The van der Waals surface area contributed by atoms with Crippen molar-refractivity contribution in [3.05, 3.63) is 59.7 Å². The zero-order valence-electron chi connectivity index (χ0n) is 16.0. The van der Waals surface area contributed by atoms with Gasteiger partial charge in [-0.3, -0.25) is 9.52 Å². The SMILES string of the molecule is CCS(=O)(=O)Nc1cccc(C2=NN(C(C)=O)[C@H](c3ccccc3OC)C2)c1. The Morgan fingerprint density at radius 3 is 2.68 bits per heavy atom. The van der Waals surface area contributed by atoms with Crippen LogP contribution in [0.2, 0.25) is 0 Å². The first kappa shape index (κ1) is 19.9. The van der Waals surface area contributed by atoms with Crippen LogP contribution in [-0.2, 0) is 14.8 Å². The molecule has 2 aromatic rings. The summed E-state index contributed by atoms with van der Waals surface area (Å²) in [4.78, 5) is 12.2. The fourth-order valence-corrected chi connectivity index (χ4v) is 3.80. The number of para-hydroxylation sites is 1. The lowest BCUT2D eigenvalue weighted by Crippen LogP contribution is -2.24. The summed E-state index contributed by atoms with van der Waals surface area (Å²) in [6.45, 7) is 3.05. The lowest BCUT2D eigenvalue weighted by molar-refractivity contribution is -0.130. The van der Waals surface area contributed by atoms with E-state index in [2.05, 4.69) is 9.82 Å². The molecule has 3 rings (SSSR count). The first-order valence-corrected chi connectivity index (χ1v) is 10.6. The molecule has 0 saturated heterocycles. The van der Waals surface area contributed by atoms with Crippen molar-refractivity contribution < 1.29 is 17.9 Å². The third-order valence-corrected chi connectivity index (χ3v) is 5.89. The van der Waals surface area contributed by atoms with Gasteiger partial charge < -0.3 is 4.74 Å². The molecule has 1 amide bonds. The quantitative estimate of drug-likeness (QED) is 0.805. The molecule has 0 fully saturated rings. The van der Waals surface area contributed by atoms with Crippen molar-refractivity contribution in [2.45, 2.75) is 26.3 Å². The van der Waals surface area contributed by atoms with Crippen LogP contribution >= 0.6 is 0 Å². The highest BCUT2D eigenvalue weighted by Crippen LogP contribution is 2.37. The normalized spacial score (nSPS) is 16.6. The second kappa shape index (κ2) is 8.02. The second-order valence-corrected chi connectivity index (χ2v) is 8.47. The Hall–Kier alpha value is -2.87. The van der Waals surface area contributed by atoms with Gasteiger partial charge in [-0.1, -0.05) is 30.3 Å². The number of hydrazone groups is 1. The monoisotopic (exact) mass is 401 g/mol. The minimum Gasteiger partial charge on any atom is -0.496 e. The van der Waals surface area contributed by atoms with Crippen molar-refractivity contribution in [2.75, 3.05) is 17.6 Å². The summed E-state index contributed by atoms with van der Waals surface area (Å²) in [6.07, 6.45) is 0.504. The highest BCUT2D eigenvalue weighted by molar-refractivity contribution is 7.92. The van der Waals surface area contributed by atoms with E-state index in [1.165, 1.54) is 11.9 Å². The largest absolute Gasteiger partial charge is 0.496 e. The maximum absolute atomic E-state index is 12.2. The summed E-state index contributed by atoms with van der Waals surface area (Å²) < 4.78 is 31.7. The number of benzene rings is 2. The number of amides is 1. The predicted octanol–water partition coefficient (Wildman–Crippen LogP) is 3.15. The standard InChI is InChI=1S/C20H23N3O4S/c1-4-28(25,26)22-16-9-7-8-15(12-16)18-13-19(23(21-18)14(2)24)17-10-5-6-11-20(17)27-3/h5-12,19,22H,4,13H2,1-3H3/t19-/m0/s1. The first-order valence-electron chi connectivity index (χ1n) is 8.95. The molecule has 0 spiro atoms. The predicted molar refractivity (Wildman–Crippen MR) is 109 cm³/mol. The van der Waals surface area contributed by atoms with E-state index in [4.69, 9.17) is 4.74 Å². The van der Waals surface area contributed by atoms with E-state index in [1.54, 1.807) is 32.2 Å². The molecule has 1 aliphatic heterocycles. The van der Waals surface area contributed by atoms with Crippen LogP contribution in [-0.4, -0.2) is 37.9 Å². The lowest BCUT2D eigenvalue weighted by Gasteiger charge is -2.22. The molecule has 8 heteroatoms. The van der Waals surface area contributed by atoms with Crippen LogP contribution in [0.1, 0.15) is 37.4 Å². The van der Waals surface area contributed by atoms with Gasteiger partial charge in [-0.25, -0.2) is 13.4 Å². The highest BCUT2D eigenvalue weighted by atomic mass is 32.2. The van der Waals surface area contributed by atoms with E-state index >= 15 is 0 Å². The van der Waals surface area contributed by atoms with E-state index < -0.39 is 10.0 Å². The zero-order chi connectivity index (χ0) is 20.3. The minimum absolute atomic E-state index is 0.00777. The van der Waals surface area contributed by atoms with E-state index in [1.807, 2.05) is 30.3 Å². The smallest absolute Gasteiger partial charge is 0.240 e. The lowest BCUT2D eigenvalue weighted by atomic mass is 9.97. The van der Waals surface area contributed by atoms with Gasteiger partial charge in [0.15, 0.2) is 0 Å². The van der Waals surface area contributed by atoms with Crippen molar-refractivity contribution in [1.29, 1.82) is 0 Å². The summed E-state index contributed by atoms with van der Waals surface area (Å²) in [7, 11) is -1.78. The summed E-state index contributed by atoms with van der Waals surface area (Å²) >= 11 is 0. The minimum atomic E-state index is -3.37. The average Bonchev–Trinajstić information content (AvgIpc) is 3.13. The van der Waals surface area contributed by atoms with E-state index in [0.717, 1.165) is 11.1 Å². The van der Waals surface area contributed by atoms with Gasteiger partial charge in [0.2, 0.25) is 15.9 Å². The number of nitrogens with zero attached hydrogens (tertiary/aromatic N) is 2. The Labute approximate surface area is 165 Å². The van der Waals surface area contributed by atoms with Gasteiger partial charge >= 0.3 is 0 Å². The van der Waals surface area contributed by atoms with Crippen LogP contribution in [0.5, 0.6) is 5.75 Å². The van der Waals surface area contributed by atoms with Gasteiger partial charge in [-0.2, -0.15) is 5.10 Å². The van der Waals surface area contributed by atoms with Crippen molar-refractivity contribution >= 4 is 27.3 Å². The van der Waals surface area contributed by atoms with Crippen molar-refractivity contribution in [3.63, 3.8) is 0 Å². The molecule has 1 aliphatic rings. The van der Waals surface area contributed by atoms with E-state index in [0.29, 0.717) is 23.6 Å². The Kier molecular flexibility index (Phi) is 5.69. The Morgan fingerprint density at radius 2 is 2.00 bits per heavy atom. The number of sulfonamides is 1.